The topological polar surface area (TPSA) is 60.0 Å². The molecule has 2 heterocycles. The summed E-state index contributed by atoms with van der Waals surface area (Å²) in [5.74, 6) is 1.23. The zero-order valence-electron chi connectivity index (χ0n) is 15.5. The molecule has 1 N–H and O–H groups in total. The predicted molar refractivity (Wildman–Crippen MR) is 95.4 cm³/mol. The van der Waals surface area contributed by atoms with Gasteiger partial charge in [0, 0.05) is 30.7 Å². The Kier molecular flexibility index (Phi) is 5.20. The molecule has 0 radical (unpaired) electrons. The molecule has 0 spiro atoms. The maximum atomic E-state index is 12.5. The lowest BCUT2D eigenvalue weighted by molar-refractivity contribution is -0.0948. The number of carbonyl (C=O) groups excluding carboxylic acids is 1. The molecule has 138 valence electrons. The van der Waals surface area contributed by atoms with Crippen LogP contribution in [0, 0.1) is 0 Å². The molecule has 3 rings (SSSR count). The van der Waals surface area contributed by atoms with E-state index in [9.17, 15) is 4.79 Å². The van der Waals surface area contributed by atoms with E-state index in [1.165, 1.54) is 0 Å². The fraction of sp³-hybridized carbons (Fsp3) is 0.632. The Hall–Kier alpha value is -1.79. The van der Waals surface area contributed by atoms with E-state index in [1.54, 1.807) is 18.2 Å². The number of benzene rings is 1. The zero-order valence-corrected chi connectivity index (χ0v) is 15.5. The number of nitrogens with one attached hydrogen (secondary N) is 1. The van der Waals surface area contributed by atoms with E-state index in [-0.39, 0.29) is 23.7 Å². The number of rotatable bonds is 4. The maximum absolute atomic E-state index is 12.5. The summed E-state index contributed by atoms with van der Waals surface area (Å²) in [5.41, 5.74) is 0.444. The lowest BCUT2D eigenvalue weighted by atomic mass is 10.00. The van der Waals surface area contributed by atoms with Crippen LogP contribution in [0.3, 0.4) is 0 Å². The summed E-state index contributed by atoms with van der Waals surface area (Å²) in [6.07, 6.45) is 0.410. The van der Waals surface area contributed by atoms with Crippen LogP contribution in [0.5, 0.6) is 11.5 Å². The molecule has 0 bridgehead atoms. The van der Waals surface area contributed by atoms with Gasteiger partial charge in [-0.15, -0.1) is 0 Å². The molecular formula is C19H28N2O4. The molecule has 1 saturated heterocycles. The van der Waals surface area contributed by atoms with Crippen molar-refractivity contribution in [3.8, 4) is 11.5 Å². The van der Waals surface area contributed by atoms with Crippen molar-refractivity contribution in [1.29, 1.82) is 0 Å². The van der Waals surface area contributed by atoms with Gasteiger partial charge in [0.2, 0.25) is 0 Å². The molecule has 25 heavy (non-hydrogen) atoms. The van der Waals surface area contributed by atoms with Crippen LogP contribution in [0.15, 0.2) is 18.2 Å². The van der Waals surface area contributed by atoms with Gasteiger partial charge < -0.3 is 19.5 Å². The minimum Gasteiger partial charge on any atom is -0.486 e. The fourth-order valence-corrected chi connectivity index (χ4v) is 3.37. The second-order valence-corrected chi connectivity index (χ2v) is 7.52. The van der Waals surface area contributed by atoms with Crippen molar-refractivity contribution >= 4 is 5.91 Å². The number of ether oxygens (including phenoxy) is 3. The summed E-state index contributed by atoms with van der Waals surface area (Å²) in [7, 11) is 0. The van der Waals surface area contributed by atoms with Crippen LogP contribution in [0.4, 0.5) is 0 Å². The van der Waals surface area contributed by atoms with Gasteiger partial charge in [0.1, 0.15) is 13.2 Å². The molecule has 2 unspecified atom stereocenters. The molecule has 1 amide bonds. The van der Waals surface area contributed by atoms with Crippen molar-refractivity contribution < 1.29 is 19.0 Å². The van der Waals surface area contributed by atoms with Gasteiger partial charge in [0.15, 0.2) is 11.5 Å². The van der Waals surface area contributed by atoms with E-state index >= 15 is 0 Å². The molecule has 0 aliphatic carbocycles. The largest absolute Gasteiger partial charge is 0.486 e. The third-order valence-electron chi connectivity index (χ3n) is 4.76. The minimum atomic E-state index is -0.143. The third-order valence-corrected chi connectivity index (χ3v) is 4.76. The Balaban J connectivity index is 1.61. The maximum Gasteiger partial charge on any atom is 0.251 e. The predicted octanol–water partition coefficient (Wildman–Crippen LogP) is 2.08. The van der Waals surface area contributed by atoms with Crippen molar-refractivity contribution in [3.63, 3.8) is 0 Å². The molecule has 1 aromatic rings. The van der Waals surface area contributed by atoms with Crippen molar-refractivity contribution in [3.05, 3.63) is 23.8 Å². The van der Waals surface area contributed by atoms with Crippen molar-refractivity contribution in [2.24, 2.45) is 0 Å². The first-order valence-corrected chi connectivity index (χ1v) is 8.93. The number of nitrogens with zero attached hydrogens (tertiary/aromatic N) is 1. The Morgan fingerprint density at radius 3 is 2.48 bits per heavy atom. The van der Waals surface area contributed by atoms with E-state index in [2.05, 4.69) is 37.9 Å². The highest BCUT2D eigenvalue weighted by Crippen LogP contribution is 2.30. The van der Waals surface area contributed by atoms with Crippen LogP contribution in [0.25, 0.3) is 0 Å². The Labute approximate surface area is 149 Å². The number of amides is 1. The van der Waals surface area contributed by atoms with Gasteiger partial charge in [-0.3, -0.25) is 9.69 Å². The van der Waals surface area contributed by atoms with Crippen molar-refractivity contribution in [2.75, 3.05) is 32.8 Å². The summed E-state index contributed by atoms with van der Waals surface area (Å²) < 4.78 is 16.9. The molecule has 6 nitrogen and oxygen atoms in total. The molecule has 1 aromatic carbocycles. The van der Waals surface area contributed by atoms with Crippen LogP contribution in [0.2, 0.25) is 0 Å². The van der Waals surface area contributed by atoms with E-state index in [1.807, 2.05) is 0 Å². The second kappa shape index (κ2) is 7.22. The summed E-state index contributed by atoms with van der Waals surface area (Å²) >= 11 is 0. The number of carbonyl (C=O) groups is 1. The normalized spacial score (nSPS) is 24.0. The zero-order chi connectivity index (χ0) is 18.0. The highest BCUT2D eigenvalue weighted by molar-refractivity contribution is 5.94. The highest BCUT2D eigenvalue weighted by Gasteiger charge is 2.33. The molecule has 6 heteroatoms. The number of morpholine rings is 1. The third kappa shape index (κ3) is 4.25. The summed E-state index contributed by atoms with van der Waals surface area (Å²) in [4.78, 5) is 14.9. The Bertz CT molecular complexity index is 622. The van der Waals surface area contributed by atoms with Crippen LogP contribution in [-0.4, -0.2) is 61.4 Å². The van der Waals surface area contributed by atoms with E-state index in [4.69, 9.17) is 14.2 Å². The molecule has 0 aromatic heterocycles. The van der Waals surface area contributed by atoms with E-state index in [0.717, 1.165) is 13.1 Å². The standard InChI is InChI=1S/C19H28N2O4/c1-13-10-21(11-14(2)25-13)19(3,4)12-20-18(22)15-5-6-16-17(9-15)24-8-7-23-16/h5-6,9,13-14H,7-8,10-12H2,1-4H3,(H,20,22). The van der Waals surface area contributed by atoms with Crippen molar-refractivity contribution in [1.82, 2.24) is 10.2 Å². The van der Waals surface area contributed by atoms with Gasteiger partial charge in [0.25, 0.3) is 5.91 Å². The number of hydrogen-bond acceptors (Lipinski definition) is 5. The first-order valence-electron chi connectivity index (χ1n) is 8.93. The molecule has 0 saturated carbocycles. The summed E-state index contributed by atoms with van der Waals surface area (Å²) in [6.45, 7) is 11.9. The number of hydrogen-bond donors (Lipinski definition) is 1. The van der Waals surface area contributed by atoms with Crippen LogP contribution in [-0.2, 0) is 4.74 Å². The second-order valence-electron chi connectivity index (χ2n) is 7.52. The number of fused-ring (bicyclic) bond motifs is 1. The SMILES string of the molecule is CC1CN(C(C)(C)CNC(=O)c2ccc3c(c2)OCCO3)CC(C)O1. The van der Waals surface area contributed by atoms with E-state index < -0.39 is 0 Å². The Morgan fingerprint density at radius 1 is 1.16 bits per heavy atom. The minimum absolute atomic E-state index is 0.0978. The van der Waals surface area contributed by atoms with Gasteiger partial charge in [-0.25, -0.2) is 0 Å². The first-order chi connectivity index (χ1) is 11.8. The average molecular weight is 348 g/mol. The van der Waals surface area contributed by atoms with Gasteiger partial charge in [-0.1, -0.05) is 0 Å². The summed E-state index contributed by atoms with van der Waals surface area (Å²) in [6, 6.07) is 5.31. The molecule has 2 atom stereocenters. The Morgan fingerprint density at radius 2 is 1.80 bits per heavy atom. The highest BCUT2D eigenvalue weighted by atomic mass is 16.6. The lowest BCUT2D eigenvalue weighted by Gasteiger charge is -2.45. The summed E-state index contributed by atoms with van der Waals surface area (Å²) in [5, 5.41) is 3.06. The first kappa shape index (κ1) is 18.0. The van der Waals surface area contributed by atoms with Gasteiger partial charge in [-0.05, 0) is 45.9 Å². The lowest BCUT2D eigenvalue weighted by Crippen LogP contribution is -2.58. The van der Waals surface area contributed by atoms with Gasteiger partial charge in [0.05, 0.1) is 12.2 Å². The van der Waals surface area contributed by atoms with Crippen LogP contribution >= 0.6 is 0 Å². The smallest absolute Gasteiger partial charge is 0.251 e. The van der Waals surface area contributed by atoms with Gasteiger partial charge in [-0.2, -0.15) is 0 Å². The molecular weight excluding hydrogens is 320 g/mol. The van der Waals surface area contributed by atoms with Crippen LogP contribution in [0.1, 0.15) is 38.1 Å². The van der Waals surface area contributed by atoms with Crippen LogP contribution < -0.4 is 14.8 Å². The molecule has 2 aliphatic heterocycles. The van der Waals surface area contributed by atoms with E-state index in [0.29, 0.717) is 36.8 Å². The quantitative estimate of drug-likeness (QED) is 0.903. The molecule has 2 aliphatic rings. The monoisotopic (exact) mass is 348 g/mol. The fourth-order valence-electron chi connectivity index (χ4n) is 3.37. The molecule has 1 fully saturated rings. The van der Waals surface area contributed by atoms with Crippen molar-refractivity contribution in [2.45, 2.75) is 45.4 Å². The van der Waals surface area contributed by atoms with Gasteiger partial charge >= 0.3 is 0 Å². The average Bonchev–Trinajstić information content (AvgIpc) is 2.58.